The van der Waals surface area contributed by atoms with Gasteiger partial charge in [-0.15, -0.1) is 0 Å². The number of ether oxygens (including phenoxy) is 2. The average Bonchev–Trinajstić information content (AvgIpc) is 3.92. The number of fused-ring (bicyclic) bond motifs is 8. The Morgan fingerprint density at radius 2 is 0.951 bits per heavy atom. The van der Waals surface area contributed by atoms with Crippen molar-refractivity contribution in [1.82, 2.24) is 9.44 Å². The van der Waals surface area contributed by atoms with Crippen LogP contribution in [0, 0.1) is 35.5 Å². The summed E-state index contributed by atoms with van der Waals surface area (Å²) in [5, 5.41) is 22.4. The summed E-state index contributed by atoms with van der Waals surface area (Å²) in [5.74, 6) is 0.977. The van der Waals surface area contributed by atoms with Crippen molar-refractivity contribution in [2.45, 2.75) is 164 Å². The molecule has 4 N–H and O–H groups in total. The number of nitrogens with one attached hydrogen (secondary N) is 2. The van der Waals surface area contributed by atoms with Crippen molar-refractivity contribution in [3.63, 3.8) is 0 Å². The highest BCUT2D eigenvalue weighted by Crippen LogP contribution is 2.50. The lowest BCUT2D eigenvalue weighted by molar-refractivity contribution is 0.00838. The third-order valence-electron chi connectivity index (χ3n) is 20.8. The summed E-state index contributed by atoms with van der Waals surface area (Å²) in [6.45, 7) is 11.1. The van der Waals surface area contributed by atoms with Crippen LogP contribution in [0.3, 0.4) is 0 Å². The molecule has 82 heavy (non-hydrogen) atoms. The summed E-state index contributed by atoms with van der Waals surface area (Å²) in [6, 6.07) is 22.9. The van der Waals surface area contributed by atoms with E-state index in [1.807, 2.05) is 26.0 Å². The Bertz CT molecular complexity index is 3080. The van der Waals surface area contributed by atoms with Crippen LogP contribution in [0.25, 0.3) is 0 Å². The number of nitrogens with zero attached hydrogens (tertiary/aromatic N) is 2. The van der Waals surface area contributed by atoms with Gasteiger partial charge in [-0.2, -0.15) is 0 Å². The minimum Gasteiger partial charge on any atom is -0.490 e. The molecule has 4 heterocycles. The van der Waals surface area contributed by atoms with E-state index in [0.717, 1.165) is 112 Å². The fourth-order valence-electron chi connectivity index (χ4n) is 15.1. The molecule has 4 bridgehead atoms. The zero-order valence-corrected chi connectivity index (χ0v) is 51.0. The van der Waals surface area contributed by atoms with Gasteiger partial charge < -0.3 is 29.5 Å². The lowest BCUT2D eigenvalue weighted by Gasteiger charge is -2.46. The lowest BCUT2D eigenvalue weighted by Crippen LogP contribution is -2.49. The van der Waals surface area contributed by atoms with Gasteiger partial charge in [-0.3, -0.25) is 9.59 Å². The van der Waals surface area contributed by atoms with E-state index < -0.39 is 54.6 Å². The maximum absolute atomic E-state index is 13.3. The Morgan fingerprint density at radius 3 is 1.34 bits per heavy atom. The van der Waals surface area contributed by atoms with E-state index in [1.54, 1.807) is 50.2 Å². The maximum atomic E-state index is 13.3. The van der Waals surface area contributed by atoms with Crippen LogP contribution in [-0.4, -0.2) is 101 Å². The highest BCUT2D eigenvalue weighted by atomic mass is 35.5. The van der Waals surface area contributed by atoms with Gasteiger partial charge in [0, 0.05) is 58.2 Å². The van der Waals surface area contributed by atoms with Crippen molar-refractivity contribution in [1.29, 1.82) is 0 Å². The highest BCUT2D eigenvalue weighted by Gasteiger charge is 2.47. The number of carbonyl (C=O) groups is 2. The number of rotatable bonds is 0. The fourth-order valence-corrected chi connectivity index (χ4v) is 18.1. The number of hydrogen-bond donors (Lipinski definition) is 4. The van der Waals surface area contributed by atoms with E-state index in [9.17, 15) is 36.6 Å². The summed E-state index contributed by atoms with van der Waals surface area (Å²) in [7, 11) is -7.75. The van der Waals surface area contributed by atoms with Crippen LogP contribution < -0.4 is 28.7 Å². The Labute approximate surface area is 495 Å². The number of aliphatic hydroxyl groups excluding tert-OH is 2. The van der Waals surface area contributed by atoms with Crippen LogP contribution >= 0.6 is 23.2 Å². The van der Waals surface area contributed by atoms with Crippen LogP contribution in [0.15, 0.2) is 72.8 Å². The van der Waals surface area contributed by atoms with E-state index in [4.69, 9.17) is 32.7 Å². The van der Waals surface area contributed by atoms with Gasteiger partial charge >= 0.3 is 0 Å². The van der Waals surface area contributed by atoms with E-state index in [-0.39, 0.29) is 34.5 Å². The first kappa shape index (κ1) is 59.2. The summed E-state index contributed by atoms with van der Waals surface area (Å²) < 4.78 is 70.3. The number of aryl methyl sites for hydroxylation is 2. The summed E-state index contributed by atoms with van der Waals surface area (Å²) in [5.41, 5.74) is 6.78. The van der Waals surface area contributed by atoms with Crippen molar-refractivity contribution < 1.29 is 46.1 Å². The number of hydrogen-bond acceptors (Lipinski definition) is 12. The number of amides is 2. The third-order valence-corrected chi connectivity index (χ3v) is 25.1. The minimum absolute atomic E-state index is 0.141. The first-order valence-electron chi connectivity index (χ1n) is 30.2. The Kier molecular flexibility index (Phi) is 17.1. The molecule has 8 aliphatic rings. The average molecular weight is 1200 g/mol. The monoisotopic (exact) mass is 1200 g/mol. The standard InChI is InChI=1S/2C32H41ClN2O5S/c2*1-20-5-3-7-29(36)26-11-8-24(26)17-35-18-32(14-4-6-22-15-25(33)10-12-27(22)32)19-40-30-13-9-23(16-28(30)35)31(37)34-41(38,39)21(20)2/h2*9-10,12-13,15-16,20-21,24,26,29,36H,3-8,11,14,17-19H2,1-2H3,(H,34,37)/t20-,21+,24+,26-,29+,32+;20-,21-,24+,26-,29+,32+/m11/s1. The van der Waals surface area contributed by atoms with Crippen LogP contribution in [0.1, 0.15) is 161 Å². The Morgan fingerprint density at radius 1 is 0.537 bits per heavy atom. The molecule has 0 unspecified atom stereocenters. The van der Waals surface area contributed by atoms with Gasteiger partial charge in [-0.05, 0) is 222 Å². The van der Waals surface area contributed by atoms with E-state index in [1.165, 1.54) is 22.3 Å². The molecule has 2 amide bonds. The van der Waals surface area contributed by atoms with Crippen LogP contribution in [0.4, 0.5) is 11.4 Å². The summed E-state index contributed by atoms with van der Waals surface area (Å²) >= 11 is 12.8. The first-order chi connectivity index (χ1) is 39.1. The van der Waals surface area contributed by atoms with Crippen molar-refractivity contribution in [2.75, 3.05) is 49.2 Å². The highest BCUT2D eigenvalue weighted by molar-refractivity contribution is 7.91. The van der Waals surface area contributed by atoms with Crippen molar-refractivity contribution in [3.05, 3.63) is 116 Å². The number of halogens is 2. The summed E-state index contributed by atoms with van der Waals surface area (Å²) in [6.07, 6.45) is 13.5. The van der Waals surface area contributed by atoms with Gasteiger partial charge in [0.25, 0.3) is 11.8 Å². The van der Waals surface area contributed by atoms with Crippen molar-refractivity contribution >= 4 is 66.4 Å². The predicted octanol–water partition coefficient (Wildman–Crippen LogP) is 10.9. The van der Waals surface area contributed by atoms with Gasteiger partial charge in [-0.1, -0.05) is 62.0 Å². The molecule has 2 spiro atoms. The number of aliphatic hydroxyl groups is 2. The molecule has 2 saturated carbocycles. The Hall–Kier alpha value is -4.58. The Balaban J connectivity index is 0.000000172. The molecule has 444 valence electrons. The predicted molar refractivity (Wildman–Crippen MR) is 323 cm³/mol. The zero-order chi connectivity index (χ0) is 57.9. The van der Waals surface area contributed by atoms with Crippen LogP contribution in [0.5, 0.6) is 11.5 Å². The minimum atomic E-state index is -3.88. The molecule has 0 saturated heterocycles. The molecule has 18 heteroatoms. The maximum Gasteiger partial charge on any atom is 0.264 e. The largest absolute Gasteiger partial charge is 0.490 e. The number of anilines is 2. The molecular formula is C64H82Cl2N4O10S2. The van der Waals surface area contributed by atoms with E-state index >= 15 is 0 Å². The smallest absolute Gasteiger partial charge is 0.264 e. The first-order valence-corrected chi connectivity index (χ1v) is 34.1. The number of carbonyl (C=O) groups excluding carboxylic acids is 2. The molecule has 4 aliphatic heterocycles. The molecule has 0 radical (unpaired) electrons. The molecule has 4 aromatic carbocycles. The fraction of sp³-hybridized carbons (Fsp3) is 0.594. The lowest BCUT2D eigenvalue weighted by atomic mass is 9.68. The molecule has 4 aromatic rings. The summed E-state index contributed by atoms with van der Waals surface area (Å²) in [4.78, 5) is 31.3. The third kappa shape index (κ3) is 11.9. The van der Waals surface area contributed by atoms with E-state index in [2.05, 4.69) is 43.5 Å². The van der Waals surface area contributed by atoms with Crippen molar-refractivity contribution in [2.24, 2.45) is 35.5 Å². The molecule has 12 atom stereocenters. The molecule has 14 nitrogen and oxygen atoms in total. The quantitative estimate of drug-likeness (QED) is 0.130. The van der Waals surface area contributed by atoms with Gasteiger partial charge in [0.1, 0.15) is 11.5 Å². The second kappa shape index (κ2) is 23.7. The van der Waals surface area contributed by atoms with Crippen LogP contribution in [-0.2, 0) is 43.7 Å². The van der Waals surface area contributed by atoms with Gasteiger partial charge in [0.05, 0.1) is 47.3 Å². The molecule has 12 rings (SSSR count). The van der Waals surface area contributed by atoms with Crippen LogP contribution in [0.2, 0.25) is 10.0 Å². The molecule has 0 aromatic heterocycles. The molecule has 4 aliphatic carbocycles. The topological polar surface area (TPSA) is 192 Å². The zero-order valence-electron chi connectivity index (χ0n) is 47.9. The normalized spacial score (nSPS) is 33.4. The van der Waals surface area contributed by atoms with Gasteiger partial charge in [0.2, 0.25) is 20.0 Å². The number of benzene rings is 4. The number of sulfonamides is 2. The molecule has 2 fully saturated rings. The SMILES string of the molecule is C[C@@H]1CCC[C@H](O)[C@@H]2CC[C@H]2CN2C[C@@]3(CCCc4cc(Cl)ccc43)COc3ccc(cc32)C(=O)NS(=O)(=O)[C@@H]1C.C[C@@H]1CCC[C@H](O)[C@@H]2CC[C@H]2CN2C[C@@]3(CCCc4cc(Cl)ccc43)COc3ccc(cc32)C(=O)NS(=O)(=O)[C@H]1C. The second-order valence-corrected chi connectivity index (χ2v) is 30.8. The van der Waals surface area contributed by atoms with Gasteiger partial charge in [-0.25, -0.2) is 26.3 Å². The van der Waals surface area contributed by atoms with E-state index in [0.29, 0.717) is 86.4 Å². The molecular weight excluding hydrogens is 1120 g/mol. The second-order valence-electron chi connectivity index (χ2n) is 25.9. The van der Waals surface area contributed by atoms with Gasteiger partial charge in [0.15, 0.2) is 0 Å². The van der Waals surface area contributed by atoms with Crippen molar-refractivity contribution in [3.8, 4) is 11.5 Å².